The molecule has 88 valence electrons. The molecule has 1 aliphatic carbocycles. The number of hydrogen-bond donors (Lipinski definition) is 1. The molecule has 1 aromatic rings. The zero-order chi connectivity index (χ0) is 10.8. The van der Waals surface area contributed by atoms with Crippen molar-refractivity contribution in [3.05, 3.63) is 5.82 Å². The van der Waals surface area contributed by atoms with Gasteiger partial charge < -0.3 is 5.32 Å². The summed E-state index contributed by atoms with van der Waals surface area (Å²) in [7, 11) is 0. The summed E-state index contributed by atoms with van der Waals surface area (Å²) in [6.45, 7) is 1.10. The van der Waals surface area contributed by atoms with Gasteiger partial charge in [0.25, 0.3) is 0 Å². The van der Waals surface area contributed by atoms with Crippen molar-refractivity contribution in [2.45, 2.75) is 57.0 Å². The number of rotatable bonds is 2. The van der Waals surface area contributed by atoms with Gasteiger partial charge in [-0.25, -0.2) is 4.68 Å². The highest BCUT2D eigenvalue weighted by atomic mass is 15.6. The predicted molar refractivity (Wildman–Crippen MR) is 59.9 cm³/mol. The van der Waals surface area contributed by atoms with Crippen LogP contribution in [0.1, 0.15) is 62.9 Å². The number of tetrazole rings is 1. The molecule has 0 amide bonds. The molecule has 0 spiro atoms. The molecule has 1 aromatic heterocycles. The molecule has 0 bridgehead atoms. The van der Waals surface area contributed by atoms with E-state index in [2.05, 4.69) is 25.5 Å². The van der Waals surface area contributed by atoms with Gasteiger partial charge in [0.15, 0.2) is 5.82 Å². The van der Waals surface area contributed by atoms with Crippen LogP contribution in [0.5, 0.6) is 0 Å². The molecule has 2 fully saturated rings. The summed E-state index contributed by atoms with van der Waals surface area (Å²) < 4.78 is 2.09. The first-order chi connectivity index (χ1) is 7.95. The maximum atomic E-state index is 4.21. The van der Waals surface area contributed by atoms with E-state index in [9.17, 15) is 0 Å². The van der Waals surface area contributed by atoms with Crippen LogP contribution in [0.2, 0.25) is 0 Å². The molecular formula is C11H19N5. The van der Waals surface area contributed by atoms with E-state index < -0.39 is 0 Å². The third-order valence-corrected chi connectivity index (χ3v) is 3.81. The Labute approximate surface area is 95.6 Å². The van der Waals surface area contributed by atoms with Crippen LogP contribution >= 0.6 is 0 Å². The van der Waals surface area contributed by atoms with Gasteiger partial charge in [-0.15, -0.1) is 5.10 Å². The van der Waals surface area contributed by atoms with E-state index >= 15 is 0 Å². The van der Waals surface area contributed by atoms with Gasteiger partial charge in [-0.05, 0) is 42.7 Å². The monoisotopic (exact) mass is 221 g/mol. The molecule has 5 nitrogen and oxygen atoms in total. The Morgan fingerprint density at radius 1 is 1.06 bits per heavy atom. The number of aromatic nitrogens is 4. The first kappa shape index (κ1) is 10.2. The van der Waals surface area contributed by atoms with Crippen molar-refractivity contribution in [2.75, 3.05) is 6.54 Å². The van der Waals surface area contributed by atoms with Crippen LogP contribution in [0.4, 0.5) is 0 Å². The lowest BCUT2D eigenvalue weighted by molar-refractivity contribution is 0.310. The Morgan fingerprint density at radius 2 is 1.94 bits per heavy atom. The Balaban J connectivity index is 1.80. The summed E-state index contributed by atoms with van der Waals surface area (Å²) in [6, 6.07) is 0.929. The van der Waals surface area contributed by atoms with Gasteiger partial charge in [0.1, 0.15) is 0 Å². The molecule has 0 aromatic carbocycles. The third-order valence-electron chi connectivity index (χ3n) is 3.81. The molecule has 1 atom stereocenters. The fourth-order valence-electron chi connectivity index (χ4n) is 2.92. The molecule has 16 heavy (non-hydrogen) atoms. The second-order valence-electron chi connectivity index (χ2n) is 4.92. The lowest BCUT2D eigenvalue weighted by Crippen LogP contribution is -2.22. The summed E-state index contributed by atoms with van der Waals surface area (Å²) in [5.41, 5.74) is 0. The predicted octanol–water partition coefficient (Wildman–Crippen LogP) is 1.60. The molecule has 5 heteroatoms. The molecular weight excluding hydrogens is 202 g/mol. The number of hydrogen-bond acceptors (Lipinski definition) is 4. The zero-order valence-electron chi connectivity index (χ0n) is 9.60. The number of nitrogens with zero attached hydrogens (tertiary/aromatic N) is 4. The molecule has 1 saturated carbocycles. The molecule has 1 saturated heterocycles. The minimum Gasteiger partial charge on any atom is -0.307 e. The van der Waals surface area contributed by atoms with Gasteiger partial charge in [-0.1, -0.05) is 19.3 Å². The normalized spacial score (nSPS) is 27.4. The quantitative estimate of drug-likeness (QED) is 0.824. The molecule has 1 unspecified atom stereocenters. The van der Waals surface area contributed by atoms with Crippen LogP contribution in [-0.4, -0.2) is 26.8 Å². The van der Waals surface area contributed by atoms with E-state index in [4.69, 9.17) is 0 Å². The summed E-state index contributed by atoms with van der Waals surface area (Å²) in [6.07, 6.45) is 8.91. The van der Waals surface area contributed by atoms with E-state index in [0.29, 0.717) is 12.1 Å². The van der Waals surface area contributed by atoms with Crippen molar-refractivity contribution >= 4 is 0 Å². The van der Waals surface area contributed by atoms with Crippen molar-refractivity contribution in [3.8, 4) is 0 Å². The van der Waals surface area contributed by atoms with Crippen molar-refractivity contribution in [1.29, 1.82) is 0 Å². The third kappa shape index (κ3) is 1.84. The first-order valence-corrected chi connectivity index (χ1v) is 6.46. The molecule has 1 N–H and O–H groups in total. The summed E-state index contributed by atoms with van der Waals surface area (Å²) in [4.78, 5) is 0. The van der Waals surface area contributed by atoms with E-state index in [-0.39, 0.29) is 0 Å². The zero-order valence-corrected chi connectivity index (χ0v) is 9.60. The summed E-state index contributed by atoms with van der Waals surface area (Å²) >= 11 is 0. The standard InChI is InChI=1S/C11H19N5/c1-2-5-9(6-3-1)16-11(13-14-15-16)10-7-4-8-12-10/h9-10,12H,1-8H2. The highest BCUT2D eigenvalue weighted by Crippen LogP contribution is 2.30. The van der Waals surface area contributed by atoms with Crippen LogP contribution in [-0.2, 0) is 0 Å². The fraction of sp³-hybridized carbons (Fsp3) is 0.909. The van der Waals surface area contributed by atoms with Crippen molar-refractivity contribution in [1.82, 2.24) is 25.5 Å². The Hall–Kier alpha value is -0.970. The summed E-state index contributed by atoms with van der Waals surface area (Å²) in [5, 5.41) is 15.8. The van der Waals surface area contributed by atoms with Gasteiger partial charge in [0.2, 0.25) is 0 Å². The average molecular weight is 221 g/mol. The van der Waals surface area contributed by atoms with Crippen LogP contribution < -0.4 is 5.32 Å². The highest BCUT2D eigenvalue weighted by Gasteiger charge is 2.26. The highest BCUT2D eigenvalue weighted by molar-refractivity contribution is 4.97. The van der Waals surface area contributed by atoms with E-state index in [1.807, 2.05) is 0 Å². The molecule has 2 heterocycles. The largest absolute Gasteiger partial charge is 0.307 e. The maximum absolute atomic E-state index is 4.21. The first-order valence-electron chi connectivity index (χ1n) is 6.46. The van der Waals surface area contributed by atoms with Crippen LogP contribution in [0.15, 0.2) is 0 Å². The summed E-state index contributed by atoms with van der Waals surface area (Å²) in [5.74, 6) is 1.06. The minimum absolute atomic E-state index is 0.386. The van der Waals surface area contributed by atoms with E-state index in [1.54, 1.807) is 0 Å². The Kier molecular flexibility index (Phi) is 2.86. The minimum atomic E-state index is 0.386. The van der Waals surface area contributed by atoms with E-state index in [0.717, 1.165) is 12.4 Å². The SMILES string of the molecule is C1CCC(n2nnnc2C2CCCN2)CC1. The maximum Gasteiger partial charge on any atom is 0.168 e. The van der Waals surface area contributed by atoms with Gasteiger partial charge in [-0.3, -0.25) is 0 Å². The molecule has 1 aliphatic heterocycles. The Bertz CT molecular complexity index is 336. The molecule has 2 aliphatic rings. The van der Waals surface area contributed by atoms with Crippen LogP contribution in [0.25, 0.3) is 0 Å². The molecule has 3 rings (SSSR count). The van der Waals surface area contributed by atoms with Crippen LogP contribution in [0.3, 0.4) is 0 Å². The van der Waals surface area contributed by atoms with Crippen molar-refractivity contribution in [3.63, 3.8) is 0 Å². The van der Waals surface area contributed by atoms with E-state index in [1.165, 1.54) is 44.9 Å². The molecule has 0 radical (unpaired) electrons. The average Bonchev–Trinajstić information content (AvgIpc) is 3.01. The van der Waals surface area contributed by atoms with Crippen molar-refractivity contribution in [2.24, 2.45) is 0 Å². The van der Waals surface area contributed by atoms with Gasteiger partial charge >= 0.3 is 0 Å². The van der Waals surface area contributed by atoms with Gasteiger partial charge in [-0.2, -0.15) is 0 Å². The van der Waals surface area contributed by atoms with Crippen LogP contribution in [0, 0.1) is 0 Å². The second-order valence-corrected chi connectivity index (χ2v) is 4.92. The second kappa shape index (κ2) is 4.49. The lowest BCUT2D eigenvalue weighted by Gasteiger charge is -2.23. The number of nitrogens with one attached hydrogen (secondary N) is 1. The van der Waals surface area contributed by atoms with Gasteiger partial charge in [0, 0.05) is 0 Å². The van der Waals surface area contributed by atoms with Gasteiger partial charge in [0.05, 0.1) is 12.1 Å². The van der Waals surface area contributed by atoms with Crippen molar-refractivity contribution < 1.29 is 0 Å². The topological polar surface area (TPSA) is 55.6 Å². The lowest BCUT2D eigenvalue weighted by atomic mass is 9.95. The smallest absolute Gasteiger partial charge is 0.168 e. The fourth-order valence-corrected chi connectivity index (χ4v) is 2.92. The Morgan fingerprint density at radius 3 is 2.69 bits per heavy atom.